The van der Waals surface area contributed by atoms with Crippen LogP contribution in [-0.4, -0.2) is 4.98 Å². The molecule has 2 heteroatoms. The van der Waals surface area contributed by atoms with E-state index in [1.807, 2.05) is 30.3 Å². The summed E-state index contributed by atoms with van der Waals surface area (Å²) in [5.74, 6) is 0. The summed E-state index contributed by atoms with van der Waals surface area (Å²) >= 11 is 0. The summed E-state index contributed by atoms with van der Waals surface area (Å²) in [7, 11) is 0. The second-order valence-electron chi connectivity index (χ2n) is 6.90. The molecule has 0 spiro atoms. The van der Waals surface area contributed by atoms with Crippen molar-refractivity contribution < 1.29 is 0 Å². The summed E-state index contributed by atoms with van der Waals surface area (Å²) < 4.78 is 0. The van der Waals surface area contributed by atoms with Crippen LogP contribution in [0.2, 0.25) is 0 Å². The third-order valence-electron chi connectivity index (χ3n) is 5.00. The van der Waals surface area contributed by atoms with E-state index in [1.165, 1.54) is 5.56 Å². The van der Waals surface area contributed by atoms with Crippen LogP contribution >= 0.6 is 0 Å². The molecule has 0 aliphatic carbocycles. The molecular weight excluding hydrogens is 304 g/mol. The average Bonchev–Trinajstić information content (AvgIpc) is 2.68. The van der Waals surface area contributed by atoms with Gasteiger partial charge >= 0.3 is 0 Å². The molecule has 124 valence electrons. The standard InChI is InChI=1S/C23H22N2/c1-4-23(2,3)19-12-10-18(11-13-19)22-16-25-15-21(20(22)14-24)17-8-6-5-7-9-17/h5-13,15-16H,4H2,1-3H3. The van der Waals surface area contributed by atoms with Gasteiger partial charge in [0.15, 0.2) is 0 Å². The summed E-state index contributed by atoms with van der Waals surface area (Å²) in [6, 6.07) is 20.8. The molecule has 0 atom stereocenters. The van der Waals surface area contributed by atoms with Gasteiger partial charge in [-0.1, -0.05) is 75.4 Å². The van der Waals surface area contributed by atoms with Crippen LogP contribution in [0.3, 0.4) is 0 Å². The second kappa shape index (κ2) is 6.91. The fraction of sp³-hybridized carbons (Fsp3) is 0.217. The fourth-order valence-corrected chi connectivity index (χ4v) is 2.94. The molecule has 0 aliphatic heterocycles. The van der Waals surface area contributed by atoms with Crippen molar-refractivity contribution in [3.63, 3.8) is 0 Å². The molecule has 3 rings (SSSR count). The van der Waals surface area contributed by atoms with Crippen LogP contribution in [0, 0.1) is 11.3 Å². The van der Waals surface area contributed by atoms with Crippen molar-refractivity contribution in [2.75, 3.05) is 0 Å². The summed E-state index contributed by atoms with van der Waals surface area (Å²) in [6.07, 6.45) is 4.64. The quantitative estimate of drug-likeness (QED) is 0.592. The molecule has 0 N–H and O–H groups in total. The largest absolute Gasteiger partial charge is 0.263 e. The molecule has 2 nitrogen and oxygen atoms in total. The molecule has 0 saturated heterocycles. The minimum Gasteiger partial charge on any atom is -0.263 e. The van der Waals surface area contributed by atoms with Gasteiger partial charge in [0.05, 0.1) is 5.56 Å². The predicted octanol–water partition coefficient (Wildman–Crippen LogP) is 5.97. The summed E-state index contributed by atoms with van der Waals surface area (Å²) in [5.41, 5.74) is 5.92. The maximum atomic E-state index is 9.77. The molecular formula is C23H22N2. The molecule has 0 radical (unpaired) electrons. The molecule has 0 aliphatic rings. The fourth-order valence-electron chi connectivity index (χ4n) is 2.94. The Morgan fingerprint density at radius 2 is 1.44 bits per heavy atom. The zero-order chi connectivity index (χ0) is 17.9. The van der Waals surface area contributed by atoms with Gasteiger partial charge in [0.2, 0.25) is 0 Å². The number of nitrogens with zero attached hydrogens (tertiary/aromatic N) is 2. The summed E-state index contributed by atoms with van der Waals surface area (Å²) in [6.45, 7) is 6.70. The van der Waals surface area contributed by atoms with Gasteiger partial charge in [-0.25, -0.2) is 0 Å². The number of rotatable bonds is 4. The van der Waals surface area contributed by atoms with E-state index in [0.717, 1.165) is 28.7 Å². The molecule has 3 aromatic rings. The first-order chi connectivity index (χ1) is 12.1. The monoisotopic (exact) mass is 326 g/mol. The smallest absolute Gasteiger partial charge is 0.101 e. The molecule has 0 fully saturated rings. The lowest BCUT2D eigenvalue weighted by Crippen LogP contribution is -2.14. The topological polar surface area (TPSA) is 36.7 Å². The first-order valence-corrected chi connectivity index (χ1v) is 8.61. The van der Waals surface area contributed by atoms with Crippen LogP contribution in [0.25, 0.3) is 22.3 Å². The first kappa shape index (κ1) is 16.9. The number of hydrogen-bond donors (Lipinski definition) is 0. The molecule has 0 unspecified atom stereocenters. The number of hydrogen-bond acceptors (Lipinski definition) is 2. The van der Waals surface area contributed by atoms with Gasteiger partial charge < -0.3 is 0 Å². The predicted molar refractivity (Wildman–Crippen MR) is 103 cm³/mol. The highest BCUT2D eigenvalue weighted by molar-refractivity contribution is 5.80. The number of pyridine rings is 1. The summed E-state index contributed by atoms with van der Waals surface area (Å²) in [5, 5.41) is 9.77. The zero-order valence-electron chi connectivity index (χ0n) is 15.0. The molecule has 0 amide bonds. The maximum absolute atomic E-state index is 9.77. The Hall–Kier alpha value is -2.92. The van der Waals surface area contributed by atoms with E-state index in [9.17, 15) is 5.26 Å². The van der Waals surface area contributed by atoms with E-state index >= 15 is 0 Å². The van der Waals surface area contributed by atoms with Gasteiger partial charge in [-0.05, 0) is 28.5 Å². The van der Waals surface area contributed by atoms with E-state index in [4.69, 9.17) is 0 Å². The average molecular weight is 326 g/mol. The van der Waals surface area contributed by atoms with Crippen LogP contribution in [0.4, 0.5) is 0 Å². The minimum absolute atomic E-state index is 0.153. The van der Waals surface area contributed by atoms with Crippen molar-refractivity contribution in [1.82, 2.24) is 4.98 Å². The van der Waals surface area contributed by atoms with Crippen molar-refractivity contribution in [1.29, 1.82) is 5.26 Å². The van der Waals surface area contributed by atoms with E-state index < -0.39 is 0 Å². The van der Waals surface area contributed by atoms with Gasteiger partial charge in [0, 0.05) is 23.5 Å². The minimum atomic E-state index is 0.153. The van der Waals surface area contributed by atoms with E-state index in [-0.39, 0.29) is 5.41 Å². The number of nitriles is 1. The van der Waals surface area contributed by atoms with Crippen LogP contribution in [0.5, 0.6) is 0 Å². The second-order valence-corrected chi connectivity index (χ2v) is 6.90. The highest BCUT2D eigenvalue weighted by atomic mass is 14.6. The Bertz CT molecular complexity index is 901. The Morgan fingerprint density at radius 3 is 1.96 bits per heavy atom. The van der Waals surface area contributed by atoms with Gasteiger partial charge in [0.25, 0.3) is 0 Å². The Labute approximate surface area is 149 Å². The van der Waals surface area contributed by atoms with Crippen molar-refractivity contribution in [2.24, 2.45) is 0 Å². The third-order valence-corrected chi connectivity index (χ3v) is 5.00. The normalized spacial score (nSPS) is 11.1. The number of aromatic nitrogens is 1. The highest BCUT2D eigenvalue weighted by Gasteiger charge is 2.18. The molecule has 1 heterocycles. The Morgan fingerprint density at radius 1 is 0.880 bits per heavy atom. The third kappa shape index (κ3) is 3.32. The number of benzene rings is 2. The van der Waals surface area contributed by atoms with Crippen LogP contribution in [0.1, 0.15) is 38.3 Å². The first-order valence-electron chi connectivity index (χ1n) is 8.61. The SMILES string of the molecule is CCC(C)(C)c1ccc(-c2cncc(-c3ccccc3)c2C#N)cc1. The van der Waals surface area contributed by atoms with Gasteiger partial charge in [0.1, 0.15) is 6.07 Å². The van der Waals surface area contributed by atoms with Crippen LogP contribution in [-0.2, 0) is 5.41 Å². The Balaban J connectivity index is 2.08. The van der Waals surface area contributed by atoms with Crippen molar-refractivity contribution in [2.45, 2.75) is 32.6 Å². The molecule has 2 aromatic carbocycles. The molecule has 0 saturated carbocycles. The van der Waals surface area contributed by atoms with Crippen LogP contribution in [0.15, 0.2) is 67.0 Å². The highest BCUT2D eigenvalue weighted by Crippen LogP contribution is 2.33. The van der Waals surface area contributed by atoms with E-state index in [0.29, 0.717) is 5.56 Å². The maximum Gasteiger partial charge on any atom is 0.101 e. The van der Waals surface area contributed by atoms with Gasteiger partial charge in [-0.2, -0.15) is 5.26 Å². The zero-order valence-corrected chi connectivity index (χ0v) is 15.0. The lowest BCUT2D eigenvalue weighted by atomic mass is 9.81. The van der Waals surface area contributed by atoms with E-state index in [1.54, 1.807) is 12.4 Å². The molecule has 25 heavy (non-hydrogen) atoms. The van der Waals surface area contributed by atoms with Crippen LogP contribution < -0.4 is 0 Å². The van der Waals surface area contributed by atoms with Crippen molar-refractivity contribution in [3.05, 3.63) is 78.1 Å². The van der Waals surface area contributed by atoms with Gasteiger partial charge in [-0.15, -0.1) is 0 Å². The van der Waals surface area contributed by atoms with Crippen molar-refractivity contribution >= 4 is 0 Å². The lowest BCUT2D eigenvalue weighted by molar-refractivity contribution is 0.506. The molecule has 0 bridgehead atoms. The van der Waals surface area contributed by atoms with Gasteiger partial charge in [-0.3, -0.25) is 4.98 Å². The lowest BCUT2D eigenvalue weighted by Gasteiger charge is -2.23. The summed E-state index contributed by atoms with van der Waals surface area (Å²) in [4.78, 5) is 4.38. The Kier molecular flexibility index (Phi) is 4.67. The van der Waals surface area contributed by atoms with Crippen molar-refractivity contribution in [3.8, 4) is 28.3 Å². The molecule has 1 aromatic heterocycles. The van der Waals surface area contributed by atoms with E-state index in [2.05, 4.69) is 56.1 Å².